The Hall–Kier alpha value is -0.220. The molecule has 0 spiro atoms. The Balaban J connectivity index is 3.05. The smallest absolute Gasteiger partial charge is 0.294 e. The van der Waals surface area contributed by atoms with Crippen molar-refractivity contribution in [1.82, 2.24) is 0 Å². The van der Waals surface area contributed by atoms with E-state index in [4.69, 9.17) is 23.2 Å². The monoisotopic (exact) mass is 159 g/mol. The molecule has 0 aromatic rings. The Labute approximate surface area is 55.4 Å². The lowest BCUT2D eigenvalue weighted by Crippen LogP contribution is -2.07. The maximum Gasteiger partial charge on any atom is 0.294 e. The zero-order valence-electron chi connectivity index (χ0n) is 3.71. The van der Waals surface area contributed by atoms with Crippen molar-refractivity contribution in [3.05, 3.63) is 10.1 Å². The van der Waals surface area contributed by atoms with Gasteiger partial charge in [-0.3, -0.25) is 0 Å². The third kappa shape index (κ3) is 5.78. The minimum atomic E-state index is -0.947. The lowest BCUT2D eigenvalue weighted by molar-refractivity contribution is -0.757. The summed E-state index contributed by atoms with van der Waals surface area (Å²) in [5.41, 5.74) is 0. The fourth-order valence-corrected chi connectivity index (χ4v) is 0.230. The van der Waals surface area contributed by atoms with Crippen molar-refractivity contribution in [3.63, 3.8) is 0 Å². The molecule has 0 aliphatic heterocycles. The van der Waals surface area contributed by atoms with Crippen molar-refractivity contribution in [2.45, 2.75) is 4.84 Å². The molecule has 0 aromatic heterocycles. The Morgan fingerprint density at radius 1 is 1.75 bits per heavy atom. The maximum atomic E-state index is 9.37. The van der Waals surface area contributed by atoms with Crippen molar-refractivity contribution in [1.29, 1.82) is 0 Å². The molecule has 0 fully saturated rings. The van der Waals surface area contributed by atoms with Gasteiger partial charge in [-0.2, -0.15) is 0 Å². The molecule has 48 valence electrons. The van der Waals surface area contributed by atoms with Crippen LogP contribution in [0.3, 0.4) is 0 Å². The van der Waals surface area contributed by atoms with E-state index in [9.17, 15) is 10.1 Å². The zero-order chi connectivity index (χ0) is 6.57. The molecule has 0 aliphatic carbocycles. The minimum Gasteiger partial charge on any atom is -0.311 e. The fourth-order valence-electron chi connectivity index (χ4n) is 0.117. The maximum absolute atomic E-state index is 9.37. The average molecular weight is 160 g/mol. The molecule has 0 saturated carbocycles. The van der Waals surface area contributed by atoms with Crippen molar-refractivity contribution in [2.24, 2.45) is 0 Å². The number of halogens is 2. The normalized spacial score (nSPS) is 9.38. The van der Waals surface area contributed by atoms with Crippen molar-refractivity contribution < 1.29 is 9.92 Å². The summed E-state index contributed by atoms with van der Waals surface area (Å²) in [6.07, 6.45) is 0. The number of nitrogens with zero attached hydrogens (tertiary/aromatic N) is 1. The second-order valence-electron chi connectivity index (χ2n) is 0.910. The summed E-state index contributed by atoms with van der Waals surface area (Å²) in [7, 11) is 0. The molecule has 6 heteroatoms. The van der Waals surface area contributed by atoms with Crippen LogP contribution >= 0.6 is 23.2 Å². The van der Waals surface area contributed by atoms with Crippen LogP contribution in [0.2, 0.25) is 0 Å². The number of hydrogen-bond acceptors (Lipinski definition) is 3. The van der Waals surface area contributed by atoms with Gasteiger partial charge < -0.3 is 4.84 Å². The van der Waals surface area contributed by atoms with E-state index in [2.05, 4.69) is 4.84 Å². The second kappa shape index (κ2) is 3.74. The van der Waals surface area contributed by atoms with E-state index in [1.165, 1.54) is 0 Å². The molecule has 0 radical (unpaired) electrons. The Bertz CT molecular complexity index is 85.4. The van der Waals surface area contributed by atoms with E-state index in [1.807, 2.05) is 0 Å². The van der Waals surface area contributed by atoms with E-state index in [0.717, 1.165) is 0 Å². The predicted molar refractivity (Wildman–Crippen MR) is 28.4 cm³/mol. The van der Waals surface area contributed by atoms with Crippen molar-refractivity contribution in [3.8, 4) is 0 Å². The molecule has 0 atom stereocenters. The summed E-state index contributed by atoms with van der Waals surface area (Å²) < 4.78 is 0. The third-order valence-corrected chi connectivity index (χ3v) is 0.558. The topological polar surface area (TPSA) is 52.4 Å². The van der Waals surface area contributed by atoms with Gasteiger partial charge in [-0.05, 0) is 0 Å². The van der Waals surface area contributed by atoms with Crippen LogP contribution in [-0.2, 0) is 4.84 Å². The molecule has 0 amide bonds. The molecular weight excluding hydrogens is 157 g/mol. The summed E-state index contributed by atoms with van der Waals surface area (Å²) >= 11 is 10.1. The molecule has 0 N–H and O–H groups in total. The van der Waals surface area contributed by atoms with Gasteiger partial charge in [-0.15, -0.1) is 33.3 Å². The van der Waals surface area contributed by atoms with Crippen LogP contribution in [0.5, 0.6) is 0 Å². The molecule has 0 unspecified atom stereocenters. The van der Waals surface area contributed by atoms with Gasteiger partial charge >= 0.3 is 0 Å². The summed E-state index contributed by atoms with van der Waals surface area (Å²) in [6.45, 7) is -0.282. The van der Waals surface area contributed by atoms with Gasteiger partial charge in [0, 0.05) is 0 Å². The first-order chi connectivity index (χ1) is 3.63. The van der Waals surface area contributed by atoms with Crippen molar-refractivity contribution >= 4 is 23.2 Å². The lowest BCUT2D eigenvalue weighted by Gasteiger charge is -1.95. The average Bonchev–Trinajstić information content (AvgIpc) is 1.61. The highest BCUT2D eigenvalue weighted by atomic mass is 35.5. The van der Waals surface area contributed by atoms with Crippen LogP contribution < -0.4 is 0 Å². The summed E-state index contributed by atoms with van der Waals surface area (Å²) in [5, 5.41) is 8.42. The van der Waals surface area contributed by atoms with Crippen LogP contribution in [0, 0.1) is 10.1 Å². The SMILES string of the molecule is O=[N+]([O-])OCC(Cl)Cl. The van der Waals surface area contributed by atoms with Crippen LogP contribution in [0.1, 0.15) is 0 Å². The summed E-state index contributed by atoms with van der Waals surface area (Å²) in [5.74, 6) is 0. The van der Waals surface area contributed by atoms with E-state index >= 15 is 0 Å². The third-order valence-electron chi connectivity index (χ3n) is 0.306. The van der Waals surface area contributed by atoms with Crippen LogP contribution in [-0.4, -0.2) is 16.5 Å². The van der Waals surface area contributed by atoms with E-state index in [0.29, 0.717) is 0 Å². The Morgan fingerprint density at radius 2 is 2.25 bits per heavy atom. The van der Waals surface area contributed by atoms with Crippen LogP contribution in [0.25, 0.3) is 0 Å². The quantitative estimate of drug-likeness (QED) is 0.351. The number of hydrogen-bond donors (Lipinski definition) is 0. The number of alkyl halides is 2. The lowest BCUT2D eigenvalue weighted by atomic mass is 10.9. The first-order valence-electron chi connectivity index (χ1n) is 1.68. The molecular formula is C2H3Cl2NO3. The molecule has 4 nitrogen and oxygen atoms in total. The minimum absolute atomic E-state index is 0.282. The van der Waals surface area contributed by atoms with Gasteiger partial charge in [-0.1, -0.05) is 0 Å². The summed E-state index contributed by atoms with van der Waals surface area (Å²) in [4.78, 5) is 12.3. The molecule has 0 rings (SSSR count). The van der Waals surface area contributed by atoms with Gasteiger partial charge in [-0.25, -0.2) is 0 Å². The van der Waals surface area contributed by atoms with E-state index in [1.54, 1.807) is 0 Å². The van der Waals surface area contributed by atoms with Crippen LogP contribution in [0.15, 0.2) is 0 Å². The highest BCUT2D eigenvalue weighted by Gasteiger charge is 2.00. The standard InChI is InChI=1S/C2H3Cl2NO3/c3-2(4)1-8-5(6)7/h2H,1H2. The molecule has 0 heterocycles. The van der Waals surface area contributed by atoms with Gasteiger partial charge in [0.25, 0.3) is 5.09 Å². The van der Waals surface area contributed by atoms with Gasteiger partial charge in [0.05, 0.1) is 0 Å². The second-order valence-corrected chi connectivity index (χ2v) is 2.19. The molecule has 0 aromatic carbocycles. The Morgan fingerprint density at radius 3 is 2.38 bits per heavy atom. The van der Waals surface area contributed by atoms with Gasteiger partial charge in [0.1, 0.15) is 11.4 Å². The first-order valence-corrected chi connectivity index (χ1v) is 2.55. The Kier molecular flexibility index (Phi) is 3.64. The van der Waals surface area contributed by atoms with E-state index in [-0.39, 0.29) is 6.61 Å². The number of rotatable bonds is 3. The molecule has 0 saturated heterocycles. The predicted octanol–water partition coefficient (Wildman–Crippen LogP) is 0.998. The molecule has 0 aliphatic rings. The summed E-state index contributed by atoms with van der Waals surface area (Å²) in [6, 6.07) is 0. The van der Waals surface area contributed by atoms with Gasteiger partial charge in [0.15, 0.2) is 0 Å². The first kappa shape index (κ1) is 7.78. The largest absolute Gasteiger partial charge is 0.311 e. The molecule has 8 heavy (non-hydrogen) atoms. The van der Waals surface area contributed by atoms with Crippen molar-refractivity contribution in [2.75, 3.05) is 6.61 Å². The van der Waals surface area contributed by atoms with E-state index < -0.39 is 9.92 Å². The zero-order valence-corrected chi connectivity index (χ0v) is 5.22. The fraction of sp³-hybridized carbons (Fsp3) is 1.00. The van der Waals surface area contributed by atoms with Crippen LogP contribution in [0.4, 0.5) is 0 Å². The van der Waals surface area contributed by atoms with Gasteiger partial charge in [0.2, 0.25) is 0 Å². The molecule has 0 bridgehead atoms. The highest BCUT2D eigenvalue weighted by molar-refractivity contribution is 6.44. The highest BCUT2D eigenvalue weighted by Crippen LogP contribution is 2.00.